The number of hydrogen-bond acceptors (Lipinski definition) is 2. The third kappa shape index (κ3) is 2.56. The van der Waals surface area contributed by atoms with E-state index in [0.29, 0.717) is 12.0 Å². The van der Waals surface area contributed by atoms with Crippen LogP contribution in [-0.4, -0.2) is 16.0 Å². The number of aromatic amines is 1. The van der Waals surface area contributed by atoms with Gasteiger partial charge in [-0.1, -0.05) is 30.7 Å². The summed E-state index contributed by atoms with van der Waals surface area (Å²) in [5.41, 5.74) is 9.69. The zero-order chi connectivity index (χ0) is 13.2. The molecule has 1 aliphatic carbocycles. The highest BCUT2D eigenvalue weighted by Gasteiger charge is 2.23. The van der Waals surface area contributed by atoms with Crippen LogP contribution in [0.1, 0.15) is 43.0 Å². The van der Waals surface area contributed by atoms with Gasteiger partial charge in [-0.2, -0.15) is 0 Å². The Bertz CT molecular complexity index is 559. The number of rotatable bonds is 2. The molecule has 1 aromatic carbocycles. The van der Waals surface area contributed by atoms with Crippen molar-refractivity contribution in [1.82, 2.24) is 9.97 Å². The first kappa shape index (κ1) is 12.4. The van der Waals surface area contributed by atoms with E-state index in [4.69, 9.17) is 5.73 Å². The van der Waals surface area contributed by atoms with Crippen LogP contribution in [0, 0.1) is 6.92 Å². The van der Waals surface area contributed by atoms with Crippen molar-refractivity contribution in [3.8, 4) is 11.3 Å². The van der Waals surface area contributed by atoms with E-state index in [2.05, 4.69) is 41.2 Å². The summed E-state index contributed by atoms with van der Waals surface area (Å²) in [5, 5.41) is 0. The number of benzene rings is 1. The van der Waals surface area contributed by atoms with Gasteiger partial charge in [0.05, 0.1) is 11.9 Å². The van der Waals surface area contributed by atoms with Crippen molar-refractivity contribution in [2.75, 3.05) is 0 Å². The number of imidazole rings is 1. The molecule has 3 N–H and O–H groups in total. The van der Waals surface area contributed by atoms with Gasteiger partial charge in [-0.25, -0.2) is 4.98 Å². The van der Waals surface area contributed by atoms with Crippen LogP contribution in [0.15, 0.2) is 30.5 Å². The molecule has 3 heteroatoms. The van der Waals surface area contributed by atoms with Crippen molar-refractivity contribution in [2.45, 2.75) is 44.6 Å². The molecule has 19 heavy (non-hydrogen) atoms. The Labute approximate surface area is 114 Å². The van der Waals surface area contributed by atoms with E-state index in [0.717, 1.165) is 24.4 Å². The molecule has 0 spiro atoms. The Morgan fingerprint density at radius 3 is 2.89 bits per heavy atom. The number of nitrogens with zero attached hydrogens (tertiary/aromatic N) is 1. The first-order chi connectivity index (χ1) is 9.24. The molecule has 100 valence electrons. The molecule has 2 aromatic rings. The van der Waals surface area contributed by atoms with Gasteiger partial charge in [-0.05, 0) is 31.7 Å². The summed E-state index contributed by atoms with van der Waals surface area (Å²) in [6.45, 7) is 2.13. The lowest BCUT2D eigenvalue weighted by Gasteiger charge is -2.24. The van der Waals surface area contributed by atoms with Gasteiger partial charge >= 0.3 is 0 Å². The molecule has 0 bridgehead atoms. The third-order valence-electron chi connectivity index (χ3n) is 4.13. The van der Waals surface area contributed by atoms with E-state index in [9.17, 15) is 0 Å². The highest BCUT2D eigenvalue weighted by molar-refractivity contribution is 5.62. The number of aryl methyl sites for hydroxylation is 1. The molecule has 1 heterocycles. The second kappa shape index (κ2) is 5.17. The van der Waals surface area contributed by atoms with Crippen LogP contribution in [0.4, 0.5) is 0 Å². The molecule has 1 fully saturated rings. The monoisotopic (exact) mass is 255 g/mol. The van der Waals surface area contributed by atoms with Gasteiger partial charge in [0.1, 0.15) is 5.82 Å². The van der Waals surface area contributed by atoms with E-state index in [1.54, 1.807) is 0 Å². The largest absolute Gasteiger partial charge is 0.342 e. The van der Waals surface area contributed by atoms with Gasteiger partial charge in [0.25, 0.3) is 0 Å². The molecular formula is C16H21N3. The molecule has 3 nitrogen and oxygen atoms in total. The van der Waals surface area contributed by atoms with Crippen LogP contribution in [0.25, 0.3) is 11.3 Å². The minimum Gasteiger partial charge on any atom is -0.342 e. The molecule has 0 aliphatic heterocycles. The van der Waals surface area contributed by atoms with Crippen molar-refractivity contribution in [1.29, 1.82) is 0 Å². The summed E-state index contributed by atoms with van der Waals surface area (Å²) >= 11 is 0. The average Bonchev–Trinajstić information content (AvgIpc) is 2.89. The standard InChI is InChI=1S/C16H21N3/c1-11-5-2-3-8-14(11)15-10-18-16(19-15)12-6-4-7-13(17)9-12/h2-3,5,8,10,12-13H,4,6-7,9,17H2,1H3,(H,18,19). The third-order valence-corrected chi connectivity index (χ3v) is 4.13. The van der Waals surface area contributed by atoms with Gasteiger partial charge in [-0.15, -0.1) is 0 Å². The number of H-pyrrole nitrogens is 1. The molecular weight excluding hydrogens is 234 g/mol. The topological polar surface area (TPSA) is 54.7 Å². The molecule has 2 atom stereocenters. The Morgan fingerprint density at radius 2 is 2.11 bits per heavy atom. The highest BCUT2D eigenvalue weighted by Crippen LogP contribution is 2.32. The zero-order valence-electron chi connectivity index (χ0n) is 11.4. The van der Waals surface area contributed by atoms with Gasteiger partial charge in [0.2, 0.25) is 0 Å². The van der Waals surface area contributed by atoms with Crippen molar-refractivity contribution in [2.24, 2.45) is 5.73 Å². The molecule has 0 amide bonds. The molecule has 3 rings (SSSR count). The Balaban J connectivity index is 1.85. The minimum absolute atomic E-state index is 0.339. The lowest BCUT2D eigenvalue weighted by Crippen LogP contribution is -2.27. The van der Waals surface area contributed by atoms with E-state index in [-0.39, 0.29) is 0 Å². The van der Waals surface area contributed by atoms with E-state index in [1.807, 2.05) is 6.20 Å². The minimum atomic E-state index is 0.339. The number of nitrogens with one attached hydrogen (secondary N) is 1. The first-order valence-corrected chi connectivity index (χ1v) is 7.10. The van der Waals surface area contributed by atoms with Gasteiger partial charge in [-0.3, -0.25) is 0 Å². The second-order valence-corrected chi connectivity index (χ2v) is 5.62. The summed E-state index contributed by atoms with van der Waals surface area (Å²) in [6.07, 6.45) is 6.58. The zero-order valence-corrected chi connectivity index (χ0v) is 11.4. The molecule has 2 unspecified atom stereocenters. The Kier molecular flexibility index (Phi) is 3.38. The average molecular weight is 255 g/mol. The molecule has 1 saturated carbocycles. The molecule has 0 saturated heterocycles. The van der Waals surface area contributed by atoms with Crippen molar-refractivity contribution >= 4 is 0 Å². The van der Waals surface area contributed by atoms with Crippen LogP contribution in [-0.2, 0) is 0 Å². The fourth-order valence-corrected chi connectivity index (χ4v) is 3.03. The van der Waals surface area contributed by atoms with Gasteiger partial charge in [0, 0.05) is 17.5 Å². The summed E-state index contributed by atoms with van der Waals surface area (Å²) in [6, 6.07) is 8.74. The maximum atomic E-state index is 6.06. The van der Waals surface area contributed by atoms with Gasteiger partial charge < -0.3 is 10.7 Å². The SMILES string of the molecule is Cc1ccccc1-c1cnc(C2CCCC(N)C2)[nH]1. The predicted molar refractivity (Wildman–Crippen MR) is 77.9 cm³/mol. The van der Waals surface area contributed by atoms with Crippen molar-refractivity contribution < 1.29 is 0 Å². The fourth-order valence-electron chi connectivity index (χ4n) is 3.03. The maximum Gasteiger partial charge on any atom is 0.109 e. The summed E-state index contributed by atoms with van der Waals surface area (Å²) < 4.78 is 0. The van der Waals surface area contributed by atoms with E-state index >= 15 is 0 Å². The fraction of sp³-hybridized carbons (Fsp3) is 0.438. The smallest absolute Gasteiger partial charge is 0.109 e. The second-order valence-electron chi connectivity index (χ2n) is 5.62. The molecule has 0 radical (unpaired) electrons. The van der Waals surface area contributed by atoms with E-state index in [1.165, 1.54) is 24.0 Å². The van der Waals surface area contributed by atoms with Gasteiger partial charge in [0.15, 0.2) is 0 Å². The van der Waals surface area contributed by atoms with E-state index < -0.39 is 0 Å². The summed E-state index contributed by atoms with van der Waals surface area (Å²) in [4.78, 5) is 8.07. The van der Waals surface area contributed by atoms with Crippen LogP contribution in [0.2, 0.25) is 0 Å². The first-order valence-electron chi connectivity index (χ1n) is 7.10. The van der Waals surface area contributed by atoms with Crippen LogP contribution in [0.5, 0.6) is 0 Å². The molecule has 1 aromatic heterocycles. The number of aromatic nitrogens is 2. The summed E-state index contributed by atoms with van der Waals surface area (Å²) in [5.74, 6) is 1.61. The Morgan fingerprint density at radius 1 is 1.26 bits per heavy atom. The molecule has 1 aliphatic rings. The van der Waals surface area contributed by atoms with Crippen molar-refractivity contribution in [3.63, 3.8) is 0 Å². The maximum absolute atomic E-state index is 6.06. The quantitative estimate of drug-likeness (QED) is 0.864. The van der Waals surface area contributed by atoms with Crippen LogP contribution >= 0.6 is 0 Å². The van der Waals surface area contributed by atoms with Crippen LogP contribution < -0.4 is 5.73 Å². The van der Waals surface area contributed by atoms with Crippen molar-refractivity contribution in [3.05, 3.63) is 41.9 Å². The lowest BCUT2D eigenvalue weighted by molar-refractivity contribution is 0.383. The summed E-state index contributed by atoms with van der Waals surface area (Å²) in [7, 11) is 0. The predicted octanol–water partition coefficient (Wildman–Crippen LogP) is 3.37. The highest BCUT2D eigenvalue weighted by atomic mass is 14.9. The number of nitrogens with two attached hydrogens (primary N) is 1. The van der Waals surface area contributed by atoms with Crippen LogP contribution in [0.3, 0.4) is 0 Å². The Hall–Kier alpha value is -1.61. The lowest BCUT2D eigenvalue weighted by atomic mass is 9.86. The number of hydrogen-bond donors (Lipinski definition) is 2. The normalized spacial score (nSPS) is 23.5.